The van der Waals surface area contributed by atoms with Crippen LogP contribution in [0.25, 0.3) is 0 Å². The summed E-state index contributed by atoms with van der Waals surface area (Å²) in [7, 11) is 0.0980. The molecule has 2 saturated carbocycles. The highest BCUT2D eigenvalue weighted by molar-refractivity contribution is 7.27. The normalized spacial score (nSPS) is 25.8. The molecule has 6 atom stereocenters. The maximum Gasteiger partial charge on any atom is 0.215 e. The Hall–Kier alpha value is -1.18. The van der Waals surface area contributed by atoms with Crippen LogP contribution in [0, 0.1) is 11.8 Å². The third kappa shape index (κ3) is 6.94. The molecule has 2 aromatic carbocycles. The van der Waals surface area contributed by atoms with E-state index in [9.17, 15) is 0 Å². The van der Waals surface area contributed by atoms with Crippen LogP contribution in [0.4, 0.5) is 0 Å². The summed E-state index contributed by atoms with van der Waals surface area (Å²) < 4.78 is 25.0. The molecule has 34 heavy (non-hydrogen) atoms. The Bertz CT molecular complexity index is 805. The first-order valence-corrected chi connectivity index (χ1v) is 14.7. The van der Waals surface area contributed by atoms with Crippen LogP contribution < -0.4 is 9.05 Å². The van der Waals surface area contributed by atoms with Crippen LogP contribution in [0.1, 0.15) is 76.3 Å². The molecule has 2 aromatic rings. The molecule has 0 amide bonds. The van der Waals surface area contributed by atoms with E-state index < -0.39 is 0 Å². The summed E-state index contributed by atoms with van der Waals surface area (Å²) in [4.78, 5) is 0. The third-order valence-electron chi connectivity index (χ3n) is 7.47. The topological polar surface area (TPSA) is 36.9 Å². The van der Waals surface area contributed by atoms with Crippen molar-refractivity contribution >= 4 is 18.1 Å². The number of rotatable bonds is 11. The van der Waals surface area contributed by atoms with Crippen molar-refractivity contribution < 1.29 is 18.1 Å². The number of hydrogen-bond donors (Lipinski definition) is 0. The molecule has 0 heterocycles. The van der Waals surface area contributed by atoms with E-state index in [2.05, 4.69) is 50.2 Å². The van der Waals surface area contributed by atoms with Crippen molar-refractivity contribution in [3.05, 3.63) is 59.7 Å². The molecule has 4 nitrogen and oxygen atoms in total. The van der Waals surface area contributed by atoms with Crippen LogP contribution in [-0.4, -0.2) is 12.2 Å². The Morgan fingerprint density at radius 2 is 1.03 bits per heavy atom. The number of para-hydroxylation sites is 2. The largest absolute Gasteiger partial charge is 0.449 e. The maximum atomic E-state index is 6.43. The van der Waals surface area contributed by atoms with Gasteiger partial charge in [0.25, 0.3) is 0 Å². The Kier molecular flexibility index (Phi) is 10.5. The fourth-order valence-corrected chi connectivity index (χ4v) is 7.08. The summed E-state index contributed by atoms with van der Waals surface area (Å²) in [6.07, 6.45) is 12.3. The minimum absolute atomic E-state index is 0.0490. The van der Waals surface area contributed by atoms with Gasteiger partial charge in [0.2, 0.25) is 18.1 Å². The van der Waals surface area contributed by atoms with Gasteiger partial charge in [0, 0.05) is 0 Å². The van der Waals surface area contributed by atoms with Crippen molar-refractivity contribution in [2.45, 2.75) is 90.3 Å². The summed E-state index contributed by atoms with van der Waals surface area (Å²) in [5.74, 6) is 3.01. The SMILES string of the molecule is CCc1ccccc1OPOC1CCCCC1C1CCCCC1OPOc1ccccc1CC. The molecule has 4 rings (SSSR count). The van der Waals surface area contributed by atoms with Gasteiger partial charge in [-0.05, 0) is 73.6 Å². The quantitative estimate of drug-likeness (QED) is 0.289. The van der Waals surface area contributed by atoms with Gasteiger partial charge in [-0.2, -0.15) is 0 Å². The van der Waals surface area contributed by atoms with E-state index in [1.807, 2.05) is 12.1 Å². The van der Waals surface area contributed by atoms with Gasteiger partial charge < -0.3 is 18.1 Å². The lowest BCUT2D eigenvalue weighted by molar-refractivity contribution is -0.00634. The summed E-state index contributed by atoms with van der Waals surface area (Å²) in [6, 6.07) is 16.6. The monoisotopic (exact) mass is 502 g/mol. The summed E-state index contributed by atoms with van der Waals surface area (Å²) in [5, 5.41) is 0. The highest BCUT2D eigenvalue weighted by atomic mass is 31.1. The average Bonchev–Trinajstić information content (AvgIpc) is 2.90. The molecule has 0 spiro atoms. The first-order chi connectivity index (χ1) is 16.8. The van der Waals surface area contributed by atoms with Crippen LogP contribution in [0.5, 0.6) is 11.5 Å². The molecule has 0 bridgehead atoms. The fraction of sp³-hybridized carbons (Fsp3) is 0.571. The zero-order valence-corrected chi connectivity index (χ0v) is 22.6. The standard InChI is InChI=1S/C28H40O4P2/c1-3-21-13-5-9-17-25(21)29-33-31-27-19-11-7-15-23(27)24-16-8-12-20-28(24)32-34-30-26-18-10-6-14-22(26)4-2/h5-6,9-10,13-14,17-18,23-24,27-28,33-34H,3-4,7-8,11-12,15-16,19-20H2,1-2H3. The Labute approximate surface area is 209 Å². The zero-order chi connectivity index (χ0) is 23.6. The second-order valence-electron chi connectivity index (χ2n) is 9.50. The first kappa shape index (κ1) is 25.9. The third-order valence-corrected chi connectivity index (χ3v) is 8.87. The lowest BCUT2D eigenvalue weighted by Gasteiger charge is -2.42. The molecule has 0 aliphatic heterocycles. The van der Waals surface area contributed by atoms with Crippen LogP contribution in [0.2, 0.25) is 0 Å². The molecule has 0 saturated heterocycles. The van der Waals surface area contributed by atoms with Crippen LogP contribution >= 0.6 is 18.1 Å². The first-order valence-electron chi connectivity index (χ1n) is 13.1. The summed E-state index contributed by atoms with van der Waals surface area (Å²) in [5.41, 5.74) is 2.48. The van der Waals surface area contributed by atoms with Gasteiger partial charge >= 0.3 is 0 Å². The molecule has 2 fully saturated rings. The molecule has 6 heteroatoms. The van der Waals surface area contributed by atoms with Gasteiger partial charge in [0.1, 0.15) is 11.5 Å². The maximum absolute atomic E-state index is 6.43. The van der Waals surface area contributed by atoms with Gasteiger partial charge in [0.15, 0.2) is 0 Å². The van der Waals surface area contributed by atoms with E-state index in [1.54, 1.807) is 0 Å². The predicted octanol–water partition coefficient (Wildman–Crippen LogP) is 8.44. The predicted molar refractivity (Wildman–Crippen MR) is 143 cm³/mol. The molecular formula is C28H40O4P2. The van der Waals surface area contributed by atoms with Crippen molar-refractivity contribution in [1.82, 2.24) is 0 Å². The lowest BCUT2D eigenvalue weighted by Crippen LogP contribution is -2.40. The number of benzene rings is 2. The number of hydrogen-bond acceptors (Lipinski definition) is 4. The van der Waals surface area contributed by atoms with Crippen LogP contribution in [-0.2, 0) is 21.9 Å². The van der Waals surface area contributed by atoms with Gasteiger partial charge in [-0.15, -0.1) is 0 Å². The number of aryl methyl sites for hydroxylation is 2. The highest BCUT2D eigenvalue weighted by Gasteiger charge is 2.39. The Morgan fingerprint density at radius 1 is 0.618 bits per heavy atom. The molecule has 6 unspecified atom stereocenters. The van der Waals surface area contributed by atoms with E-state index in [0.717, 1.165) is 37.2 Å². The van der Waals surface area contributed by atoms with E-state index in [0.29, 0.717) is 11.8 Å². The smallest absolute Gasteiger partial charge is 0.215 e. The minimum atomic E-state index is 0.0490. The van der Waals surface area contributed by atoms with Crippen molar-refractivity contribution in [1.29, 1.82) is 0 Å². The van der Waals surface area contributed by atoms with Crippen molar-refractivity contribution in [2.24, 2.45) is 11.8 Å². The van der Waals surface area contributed by atoms with Gasteiger partial charge in [-0.1, -0.05) is 75.9 Å². The Morgan fingerprint density at radius 3 is 1.47 bits per heavy atom. The molecule has 2 aliphatic carbocycles. The molecular weight excluding hydrogens is 462 g/mol. The molecule has 0 aromatic heterocycles. The molecule has 0 radical (unpaired) electrons. The van der Waals surface area contributed by atoms with E-state index in [-0.39, 0.29) is 30.3 Å². The van der Waals surface area contributed by atoms with Crippen LogP contribution in [0.15, 0.2) is 48.5 Å². The molecule has 0 N–H and O–H groups in total. The second-order valence-corrected chi connectivity index (χ2v) is 10.7. The average molecular weight is 503 g/mol. The van der Waals surface area contributed by atoms with Crippen LogP contribution in [0.3, 0.4) is 0 Å². The van der Waals surface area contributed by atoms with Gasteiger partial charge in [-0.3, -0.25) is 0 Å². The van der Waals surface area contributed by atoms with E-state index >= 15 is 0 Å². The van der Waals surface area contributed by atoms with Crippen molar-refractivity contribution in [3.8, 4) is 11.5 Å². The molecule has 186 valence electrons. The van der Waals surface area contributed by atoms with Gasteiger partial charge in [-0.25, -0.2) is 0 Å². The summed E-state index contributed by atoms with van der Waals surface area (Å²) >= 11 is 0. The van der Waals surface area contributed by atoms with E-state index in [1.165, 1.54) is 49.7 Å². The Balaban J connectivity index is 1.33. The minimum Gasteiger partial charge on any atom is -0.449 e. The van der Waals surface area contributed by atoms with Gasteiger partial charge in [0.05, 0.1) is 12.2 Å². The molecule has 2 aliphatic rings. The highest BCUT2D eigenvalue weighted by Crippen LogP contribution is 2.44. The lowest BCUT2D eigenvalue weighted by atomic mass is 9.70. The fourth-order valence-electron chi connectivity index (χ4n) is 5.58. The summed E-state index contributed by atoms with van der Waals surface area (Å²) in [6.45, 7) is 4.33. The zero-order valence-electron chi connectivity index (χ0n) is 20.6. The van der Waals surface area contributed by atoms with Crippen molar-refractivity contribution in [2.75, 3.05) is 0 Å². The van der Waals surface area contributed by atoms with E-state index in [4.69, 9.17) is 18.1 Å². The second kappa shape index (κ2) is 13.8. The van der Waals surface area contributed by atoms with Crippen molar-refractivity contribution in [3.63, 3.8) is 0 Å².